The summed E-state index contributed by atoms with van der Waals surface area (Å²) in [6.45, 7) is 4.71. The van der Waals surface area contributed by atoms with Crippen molar-refractivity contribution in [3.8, 4) is 0 Å². The lowest BCUT2D eigenvalue weighted by atomic mass is 10.0. The third-order valence-electron chi connectivity index (χ3n) is 6.01. The second-order valence-electron chi connectivity index (χ2n) is 9.12. The van der Waals surface area contributed by atoms with Crippen molar-refractivity contribution in [1.82, 2.24) is 5.48 Å². The lowest BCUT2D eigenvalue weighted by molar-refractivity contribution is -0.137. The largest absolute Gasteiger partial charge is 0.481 e. The maximum Gasteiger partial charge on any atom is 0.303 e. The lowest BCUT2D eigenvalue weighted by Gasteiger charge is -2.15. The van der Waals surface area contributed by atoms with E-state index >= 15 is 0 Å². The molecule has 0 bridgehead atoms. The summed E-state index contributed by atoms with van der Waals surface area (Å²) in [5.41, 5.74) is 4.52. The van der Waals surface area contributed by atoms with Crippen molar-refractivity contribution in [2.45, 2.75) is 116 Å². The predicted octanol–water partition coefficient (Wildman–Crippen LogP) is 7.75. The van der Waals surface area contributed by atoms with E-state index in [4.69, 9.17) is 9.94 Å². The lowest BCUT2D eigenvalue weighted by Crippen LogP contribution is -2.31. The van der Waals surface area contributed by atoms with E-state index in [1.165, 1.54) is 64.2 Å². The molecular formula is C29H47NO4. The number of unbranched alkanes of at least 4 members (excludes halogenated alkanes) is 11. The Balaban J connectivity index is 2.28. The molecule has 0 saturated carbocycles. The van der Waals surface area contributed by atoms with Gasteiger partial charge in [-0.15, -0.1) is 0 Å². The Labute approximate surface area is 207 Å². The van der Waals surface area contributed by atoms with Crippen molar-refractivity contribution >= 4 is 17.8 Å². The van der Waals surface area contributed by atoms with Crippen LogP contribution in [0, 0.1) is 0 Å². The fourth-order valence-electron chi connectivity index (χ4n) is 3.91. The van der Waals surface area contributed by atoms with Gasteiger partial charge < -0.3 is 5.11 Å². The number of carbonyl (C=O) groups excluding carboxylic acids is 1. The van der Waals surface area contributed by atoms with Crippen LogP contribution in [0.1, 0.15) is 126 Å². The van der Waals surface area contributed by atoms with Gasteiger partial charge in [0, 0.05) is 18.5 Å². The first-order valence-electron chi connectivity index (χ1n) is 13.5. The van der Waals surface area contributed by atoms with Crippen LogP contribution in [-0.4, -0.2) is 29.5 Å². The average Bonchev–Trinajstić information content (AvgIpc) is 2.84. The SMILES string of the molecule is CCCCCCCCCCCCC=Cc1cccc(C(=O)C(CC)ONCCCCC(=O)O)c1. The zero-order valence-electron chi connectivity index (χ0n) is 21.5. The van der Waals surface area contributed by atoms with Gasteiger partial charge >= 0.3 is 5.97 Å². The number of Topliss-reactive ketones (excluding diaryl/α,β-unsaturated/α-hetero) is 1. The molecule has 0 fully saturated rings. The summed E-state index contributed by atoms with van der Waals surface area (Å²) in [5.74, 6) is -0.828. The first kappa shape index (κ1) is 30.1. The highest BCUT2D eigenvalue weighted by molar-refractivity contribution is 5.99. The summed E-state index contributed by atoms with van der Waals surface area (Å²) < 4.78 is 0. The fraction of sp³-hybridized carbons (Fsp3) is 0.655. The van der Waals surface area contributed by atoms with Crippen LogP contribution in [0.5, 0.6) is 0 Å². The topological polar surface area (TPSA) is 75.6 Å². The van der Waals surface area contributed by atoms with E-state index in [9.17, 15) is 9.59 Å². The number of benzene rings is 1. The fourth-order valence-corrected chi connectivity index (χ4v) is 3.91. The van der Waals surface area contributed by atoms with Crippen molar-refractivity contribution in [2.75, 3.05) is 6.54 Å². The Bertz CT molecular complexity index is 701. The molecule has 0 aliphatic heterocycles. The van der Waals surface area contributed by atoms with E-state index in [0.29, 0.717) is 31.4 Å². The number of hydroxylamine groups is 1. The highest BCUT2D eigenvalue weighted by atomic mass is 16.7. The number of carbonyl (C=O) groups is 2. The van der Waals surface area contributed by atoms with Crippen molar-refractivity contribution in [3.05, 3.63) is 41.5 Å². The monoisotopic (exact) mass is 473 g/mol. The van der Waals surface area contributed by atoms with Crippen molar-refractivity contribution in [2.24, 2.45) is 0 Å². The summed E-state index contributed by atoms with van der Waals surface area (Å²) in [5, 5.41) is 8.66. The number of ketones is 1. The molecule has 5 nitrogen and oxygen atoms in total. The van der Waals surface area contributed by atoms with Crippen LogP contribution in [0.2, 0.25) is 0 Å². The van der Waals surface area contributed by atoms with E-state index < -0.39 is 12.1 Å². The van der Waals surface area contributed by atoms with Crippen LogP contribution in [0.25, 0.3) is 6.08 Å². The second-order valence-corrected chi connectivity index (χ2v) is 9.12. The highest BCUT2D eigenvalue weighted by Gasteiger charge is 2.19. The van der Waals surface area contributed by atoms with Gasteiger partial charge in [-0.25, -0.2) is 5.48 Å². The Morgan fingerprint density at radius 1 is 0.941 bits per heavy atom. The molecule has 0 aliphatic rings. The van der Waals surface area contributed by atoms with Crippen LogP contribution in [0.3, 0.4) is 0 Å². The van der Waals surface area contributed by atoms with Gasteiger partial charge in [-0.2, -0.15) is 0 Å². The Morgan fingerprint density at radius 3 is 2.26 bits per heavy atom. The van der Waals surface area contributed by atoms with Gasteiger partial charge in [-0.05, 0) is 43.7 Å². The van der Waals surface area contributed by atoms with Gasteiger partial charge in [0.1, 0.15) is 6.10 Å². The predicted molar refractivity (Wildman–Crippen MR) is 141 cm³/mol. The molecule has 34 heavy (non-hydrogen) atoms. The molecule has 1 atom stereocenters. The number of hydrogen-bond donors (Lipinski definition) is 2. The van der Waals surface area contributed by atoms with Crippen LogP contribution < -0.4 is 5.48 Å². The number of carboxylic acids is 1. The van der Waals surface area contributed by atoms with E-state index in [-0.39, 0.29) is 12.2 Å². The molecular weight excluding hydrogens is 426 g/mol. The standard InChI is InChI=1S/C29H47NO4/c1-3-5-6-7-8-9-10-11-12-13-14-15-19-25-20-18-21-26(24-25)29(33)27(4-2)34-30-23-17-16-22-28(31)32/h15,18-21,24,27,30H,3-14,16-17,22-23H2,1-2H3,(H,31,32). The zero-order valence-corrected chi connectivity index (χ0v) is 21.5. The molecule has 192 valence electrons. The summed E-state index contributed by atoms with van der Waals surface area (Å²) in [4.78, 5) is 29.0. The first-order chi connectivity index (χ1) is 16.6. The number of carboxylic acid groups (broad SMARTS) is 1. The van der Waals surface area contributed by atoms with Gasteiger partial charge in [0.05, 0.1) is 0 Å². The van der Waals surface area contributed by atoms with E-state index in [1.54, 1.807) is 0 Å². The number of hydrogen-bond acceptors (Lipinski definition) is 4. The minimum absolute atomic E-state index is 0.0366. The third kappa shape index (κ3) is 15.0. The van der Waals surface area contributed by atoms with Gasteiger partial charge in [0.25, 0.3) is 0 Å². The van der Waals surface area contributed by atoms with Crippen molar-refractivity contribution < 1.29 is 19.5 Å². The molecule has 0 saturated heterocycles. The minimum atomic E-state index is -0.792. The number of nitrogens with one attached hydrogen (secondary N) is 1. The van der Waals surface area contributed by atoms with Crippen molar-refractivity contribution in [3.63, 3.8) is 0 Å². The number of allylic oxidation sites excluding steroid dienone is 1. The summed E-state index contributed by atoms with van der Waals surface area (Å²) in [6, 6.07) is 7.70. The first-order valence-corrected chi connectivity index (χ1v) is 13.5. The van der Waals surface area contributed by atoms with E-state index in [1.807, 2.05) is 31.2 Å². The smallest absolute Gasteiger partial charge is 0.303 e. The Hall–Kier alpha value is -1.98. The molecule has 5 heteroatoms. The van der Waals surface area contributed by atoms with Crippen LogP contribution >= 0.6 is 0 Å². The quantitative estimate of drug-likeness (QED) is 0.102. The summed E-state index contributed by atoms with van der Waals surface area (Å²) in [6.07, 6.45) is 20.3. The molecule has 0 aliphatic carbocycles. The molecule has 1 aromatic carbocycles. The highest BCUT2D eigenvalue weighted by Crippen LogP contribution is 2.14. The third-order valence-corrected chi connectivity index (χ3v) is 6.01. The van der Waals surface area contributed by atoms with Gasteiger partial charge in [0.15, 0.2) is 5.78 Å². The summed E-state index contributed by atoms with van der Waals surface area (Å²) >= 11 is 0. The van der Waals surface area contributed by atoms with Crippen LogP contribution in [0.4, 0.5) is 0 Å². The van der Waals surface area contributed by atoms with Crippen molar-refractivity contribution in [1.29, 1.82) is 0 Å². The summed E-state index contributed by atoms with van der Waals surface area (Å²) in [7, 11) is 0. The van der Waals surface area contributed by atoms with Gasteiger partial charge in [0.2, 0.25) is 0 Å². The van der Waals surface area contributed by atoms with Crippen LogP contribution in [0.15, 0.2) is 30.3 Å². The Morgan fingerprint density at radius 2 is 1.62 bits per heavy atom. The van der Waals surface area contributed by atoms with Gasteiger partial charge in [-0.3, -0.25) is 14.4 Å². The molecule has 0 aromatic heterocycles. The molecule has 2 N–H and O–H groups in total. The second kappa shape index (κ2) is 20.4. The Kier molecular flexibility index (Phi) is 18.0. The molecule has 0 spiro atoms. The number of rotatable bonds is 22. The molecule has 1 unspecified atom stereocenters. The normalized spacial score (nSPS) is 12.3. The van der Waals surface area contributed by atoms with E-state index in [0.717, 1.165) is 12.0 Å². The molecule has 0 radical (unpaired) electrons. The number of aliphatic carboxylic acids is 1. The van der Waals surface area contributed by atoms with Gasteiger partial charge in [-0.1, -0.05) is 102 Å². The molecule has 1 aromatic rings. The zero-order chi connectivity index (χ0) is 24.9. The average molecular weight is 474 g/mol. The molecule has 1 rings (SSSR count). The van der Waals surface area contributed by atoms with Crippen LogP contribution in [-0.2, 0) is 9.63 Å². The van der Waals surface area contributed by atoms with E-state index in [2.05, 4.69) is 24.6 Å². The maximum atomic E-state index is 12.8. The minimum Gasteiger partial charge on any atom is -0.481 e. The molecule has 0 amide bonds. The molecule has 0 heterocycles. The maximum absolute atomic E-state index is 12.8.